The van der Waals surface area contributed by atoms with E-state index in [1.54, 1.807) is 0 Å². The first kappa shape index (κ1) is 17.5. The molecule has 3 heterocycles. The van der Waals surface area contributed by atoms with Gasteiger partial charge in [-0.2, -0.15) is 5.10 Å². The smallest absolute Gasteiger partial charge is 0.223 e. The van der Waals surface area contributed by atoms with Gasteiger partial charge in [0, 0.05) is 43.3 Å². The molecule has 0 bridgehead atoms. The van der Waals surface area contributed by atoms with Gasteiger partial charge in [-0.15, -0.1) is 0 Å². The summed E-state index contributed by atoms with van der Waals surface area (Å²) in [5, 5.41) is 8.79. The van der Waals surface area contributed by atoms with Crippen molar-refractivity contribution < 1.29 is 4.79 Å². The Hall–Kier alpha value is -2.89. The molecule has 2 aromatic heterocycles. The van der Waals surface area contributed by atoms with Crippen LogP contribution in [0.15, 0.2) is 42.9 Å². The molecule has 6 nitrogen and oxygen atoms in total. The predicted octanol–water partition coefficient (Wildman–Crippen LogP) is 3.08. The number of hydrogen-bond acceptors (Lipinski definition) is 4. The zero-order valence-corrected chi connectivity index (χ0v) is 15.9. The van der Waals surface area contributed by atoms with Crippen molar-refractivity contribution in [3.05, 3.63) is 48.4 Å². The van der Waals surface area contributed by atoms with E-state index in [9.17, 15) is 4.79 Å². The van der Waals surface area contributed by atoms with Crippen LogP contribution in [0.2, 0.25) is 0 Å². The summed E-state index contributed by atoms with van der Waals surface area (Å²) in [6.45, 7) is 6.43. The zero-order chi connectivity index (χ0) is 18.8. The van der Waals surface area contributed by atoms with E-state index >= 15 is 0 Å². The van der Waals surface area contributed by atoms with Crippen molar-refractivity contribution in [2.75, 3.05) is 24.5 Å². The number of aromatic nitrogens is 3. The molecular weight excluding hydrogens is 338 g/mol. The molecule has 1 N–H and O–H groups in total. The lowest BCUT2D eigenvalue weighted by Crippen LogP contribution is -2.40. The van der Waals surface area contributed by atoms with Crippen molar-refractivity contribution in [3.63, 3.8) is 0 Å². The van der Waals surface area contributed by atoms with Crippen LogP contribution in [0.4, 0.5) is 5.69 Å². The Morgan fingerprint density at radius 3 is 2.63 bits per heavy atom. The van der Waals surface area contributed by atoms with Crippen molar-refractivity contribution >= 4 is 22.5 Å². The summed E-state index contributed by atoms with van der Waals surface area (Å²) in [6.07, 6.45) is 7.50. The van der Waals surface area contributed by atoms with Crippen LogP contribution in [0, 0.1) is 12.8 Å². The maximum absolute atomic E-state index is 12.1. The fraction of sp³-hybridized carbons (Fsp3) is 0.381. The van der Waals surface area contributed by atoms with Gasteiger partial charge in [0.05, 0.1) is 17.6 Å². The van der Waals surface area contributed by atoms with Gasteiger partial charge in [-0.3, -0.25) is 9.78 Å². The molecule has 3 aromatic rings. The van der Waals surface area contributed by atoms with Gasteiger partial charge in [0.1, 0.15) is 5.52 Å². The summed E-state index contributed by atoms with van der Waals surface area (Å²) in [5.74, 6) is 0.288. The number of rotatable bonds is 4. The third-order valence-electron chi connectivity index (χ3n) is 5.25. The van der Waals surface area contributed by atoms with Crippen LogP contribution < -0.4 is 10.2 Å². The third-order valence-corrected chi connectivity index (χ3v) is 5.25. The van der Waals surface area contributed by atoms with Crippen LogP contribution in [0.1, 0.15) is 25.3 Å². The molecule has 1 aliphatic heterocycles. The second-order valence-corrected chi connectivity index (χ2v) is 7.16. The van der Waals surface area contributed by atoms with E-state index in [0.29, 0.717) is 6.54 Å². The number of carbonyl (C=O) groups excluding carboxylic acids is 1. The van der Waals surface area contributed by atoms with Gasteiger partial charge in [0.15, 0.2) is 0 Å². The van der Waals surface area contributed by atoms with Crippen LogP contribution >= 0.6 is 0 Å². The molecule has 0 spiro atoms. The van der Waals surface area contributed by atoms with Gasteiger partial charge in [-0.25, -0.2) is 4.68 Å². The number of carbonyl (C=O) groups is 1. The Morgan fingerprint density at radius 2 is 1.93 bits per heavy atom. The van der Waals surface area contributed by atoms with E-state index in [1.807, 2.05) is 30.2 Å². The zero-order valence-electron chi connectivity index (χ0n) is 15.9. The lowest BCUT2D eigenvalue weighted by Gasteiger charge is -2.32. The molecule has 140 valence electrons. The SMILES string of the molecule is CCNC(=O)C1CCN(c2cncc3cn(-c4ccc(C)cc4)nc23)CC1. The minimum absolute atomic E-state index is 0.110. The molecule has 4 rings (SSSR count). The number of nitrogens with zero attached hydrogens (tertiary/aromatic N) is 4. The Morgan fingerprint density at radius 1 is 1.19 bits per heavy atom. The molecule has 1 amide bonds. The highest BCUT2D eigenvalue weighted by Gasteiger charge is 2.26. The number of aryl methyl sites for hydroxylation is 1. The summed E-state index contributed by atoms with van der Waals surface area (Å²) in [4.78, 5) is 18.8. The quantitative estimate of drug-likeness (QED) is 0.774. The monoisotopic (exact) mass is 363 g/mol. The summed E-state index contributed by atoms with van der Waals surface area (Å²) in [7, 11) is 0. The number of amides is 1. The fourth-order valence-electron chi connectivity index (χ4n) is 3.69. The highest BCUT2D eigenvalue weighted by Crippen LogP contribution is 2.29. The van der Waals surface area contributed by atoms with E-state index in [2.05, 4.69) is 46.4 Å². The number of fused-ring (bicyclic) bond motifs is 1. The molecule has 0 aliphatic carbocycles. The number of hydrogen-bond donors (Lipinski definition) is 1. The van der Waals surface area contributed by atoms with Crippen LogP contribution in [0.25, 0.3) is 16.6 Å². The average molecular weight is 363 g/mol. The number of piperidine rings is 1. The lowest BCUT2D eigenvalue weighted by molar-refractivity contribution is -0.125. The maximum Gasteiger partial charge on any atom is 0.223 e. The molecule has 0 radical (unpaired) electrons. The second kappa shape index (κ2) is 7.39. The van der Waals surface area contributed by atoms with Crippen LogP contribution in [0.3, 0.4) is 0 Å². The summed E-state index contributed by atoms with van der Waals surface area (Å²) < 4.78 is 1.91. The van der Waals surface area contributed by atoms with Gasteiger partial charge in [-0.1, -0.05) is 17.7 Å². The molecule has 6 heteroatoms. The topological polar surface area (TPSA) is 63.1 Å². The minimum atomic E-state index is 0.110. The first-order valence-corrected chi connectivity index (χ1v) is 9.59. The molecule has 1 saturated heterocycles. The first-order valence-electron chi connectivity index (χ1n) is 9.59. The molecule has 0 atom stereocenters. The maximum atomic E-state index is 12.1. The van der Waals surface area contributed by atoms with Crippen LogP contribution in [-0.2, 0) is 4.79 Å². The number of nitrogens with one attached hydrogen (secondary N) is 1. The third kappa shape index (κ3) is 3.52. The van der Waals surface area contributed by atoms with E-state index in [1.165, 1.54) is 5.56 Å². The second-order valence-electron chi connectivity index (χ2n) is 7.16. The number of anilines is 1. The van der Waals surface area contributed by atoms with E-state index in [0.717, 1.165) is 48.2 Å². The Balaban J connectivity index is 1.58. The average Bonchev–Trinajstić information content (AvgIpc) is 3.13. The minimum Gasteiger partial charge on any atom is -0.368 e. The van der Waals surface area contributed by atoms with E-state index in [-0.39, 0.29) is 11.8 Å². The molecular formula is C21H25N5O. The van der Waals surface area contributed by atoms with Gasteiger partial charge in [0.2, 0.25) is 5.91 Å². The van der Waals surface area contributed by atoms with Crippen molar-refractivity contribution in [3.8, 4) is 5.69 Å². The van der Waals surface area contributed by atoms with E-state index in [4.69, 9.17) is 5.10 Å². The largest absolute Gasteiger partial charge is 0.368 e. The summed E-state index contributed by atoms with van der Waals surface area (Å²) in [5.41, 5.74) is 4.28. The van der Waals surface area contributed by atoms with Gasteiger partial charge < -0.3 is 10.2 Å². The van der Waals surface area contributed by atoms with Gasteiger partial charge >= 0.3 is 0 Å². The highest BCUT2D eigenvalue weighted by molar-refractivity contribution is 5.90. The van der Waals surface area contributed by atoms with Crippen molar-refractivity contribution in [2.45, 2.75) is 26.7 Å². The number of pyridine rings is 1. The summed E-state index contributed by atoms with van der Waals surface area (Å²) >= 11 is 0. The highest BCUT2D eigenvalue weighted by atomic mass is 16.1. The Bertz CT molecular complexity index is 939. The normalized spacial score (nSPS) is 15.3. The van der Waals surface area contributed by atoms with Crippen molar-refractivity contribution in [1.82, 2.24) is 20.1 Å². The molecule has 27 heavy (non-hydrogen) atoms. The lowest BCUT2D eigenvalue weighted by atomic mass is 9.95. The molecule has 1 fully saturated rings. The fourth-order valence-corrected chi connectivity index (χ4v) is 3.69. The Kier molecular flexibility index (Phi) is 4.79. The molecule has 1 aromatic carbocycles. The van der Waals surface area contributed by atoms with Crippen molar-refractivity contribution in [1.29, 1.82) is 0 Å². The van der Waals surface area contributed by atoms with Gasteiger partial charge in [-0.05, 0) is 38.8 Å². The molecule has 0 unspecified atom stereocenters. The molecule has 1 aliphatic rings. The van der Waals surface area contributed by atoms with Crippen LogP contribution in [-0.4, -0.2) is 40.3 Å². The Labute approximate surface area is 159 Å². The summed E-state index contributed by atoms with van der Waals surface area (Å²) in [6, 6.07) is 8.33. The van der Waals surface area contributed by atoms with Crippen LogP contribution in [0.5, 0.6) is 0 Å². The molecule has 0 saturated carbocycles. The van der Waals surface area contributed by atoms with Gasteiger partial charge in [0.25, 0.3) is 0 Å². The predicted molar refractivity (Wildman–Crippen MR) is 107 cm³/mol. The number of benzene rings is 1. The first-order chi connectivity index (χ1) is 13.2. The standard InChI is InChI=1S/C21H25N5O/c1-3-23-21(27)16-8-10-25(11-9-16)19-13-22-12-17-14-26(24-20(17)19)18-6-4-15(2)5-7-18/h4-7,12-14,16H,3,8-11H2,1-2H3,(H,23,27). The van der Waals surface area contributed by atoms with Crippen molar-refractivity contribution in [2.24, 2.45) is 5.92 Å². The van der Waals surface area contributed by atoms with E-state index < -0.39 is 0 Å².